The van der Waals surface area contributed by atoms with Gasteiger partial charge in [0.2, 0.25) is 10.0 Å². The molecule has 0 saturated carbocycles. The van der Waals surface area contributed by atoms with Gasteiger partial charge >= 0.3 is 0 Å². The molecule has 2 aliphatic heterocycles. The topological polar surface area (TPSA) is 65.1 Å². The molecule has 0 radical (unpaired) electrons. The summed E-state index contributed by atoms with van der Waals surface area (Å²) < 4.78 is 44.3. The number of rotatable bonds is 3. The number of hydrogen-bond acceptors (Lipinski definition) is 5. The fourth-order valence-corrected chi connectivity index (χ4v) is 5.16. The minimum absolute atomic E-state index is 0.259. The lowest BCUT2D eigenvalue weighted by Crippen LogP contribution is -2.47. The van der Waals surface area contributed by atoms with E-state index in [1.165, 1.54) is 11.4 Å². The zero-order valence-electron chi connectivity index (χ0n) is 13.8. The minimum atomic E-state index is -3.60. The molecule has 1 aromatic carbocycles. The van der Waals surface area contributed by atoms with E-state index in [9.17, 15) is 8.42 Å². The van der Waals surface area contributed by atoms with Gasteiger partial charge in [-0.15, -0.1) is 0 Å². The molecule has 23 heavy (non-hydrogen) atoms. The zero-order valence-corrected chi connectivity index (χ0v) is 14.6. The van der Waals surface area contributed by atoms with Gasteiger partial charge in [0.25, 0.3) is 0 Å². The maximum absolute atomic E-state index is 13.1. The summed E-state index contributed by atoms with van der Waals surface area (Å²) in [5.74, 6) is -0.186. The molecule has 7 heteroatoms. The van der Waals surface area contributed by atoms with Crippen LogP contribution in [-0.2, 0) is 19.5 Å². The Morgan fingerprint density at radius 1 is 1.13 bits per heavy atom. The number of nitrogens with zero attached hydrogens (tertiary/aromatic N) is 1. The molecule has 128 valence electrons. The molecule has 2 heterocycles. The lowest BCUT2D eigenvalue weighted by molar-refractivity contribution is -0.179. The van der Waals surface area contributed by atoms with Gasteiger partial charge in [-0.25, -0.2) is 8.42 Å². The second-order valence-corrected chi connectivity index (χ2v) is 8.00. The number of piperidine rings is 1. The molecule has 1 aromatic rings. The highest BCUT2D eigenvalue weighted by Gasteiger charge is 2.43. The van der Waals surface area contributed by atoms with Gasteiger partial charge in [0.05, 0.1) is 20.3 Å². The van der Waals surface area contributed by atoms with Crippen LogP contribution >= 0.6 is 0 Å². The first kappa shape index (κ1) is 16.7. The lowest BCUT2D eigenvalue weighted by Gasteiger charge is -2.37. The van der Waals surface area contributed by atoms with Crippen molar-refractivity contribution in [1.82, 2.24) is 4.31 Å². The summed E-state index contributed by atoms with van der Waals surface area (Å²) in [5.41, 5.74) is 1.68. The fraction of sp³-hybridized carbons (Fsp3) is 0.625. The number of aryl methyl sites for hydroxylation is 2. The van der Waals surface area contributed by atoms with Gasteiger partial charge in [0.1, 0.15) is 10.6 Å². The summed E-state index contributed by atoms with van der Waals surface area (Å²) in [4.78, 5) is 0.259. The van der Waals surface area contributed by atoms with Crippen LogP contribution in [0.15, 0.2) is 17.0 Å². The summed E-state index contributed by atoms with van der Waals surface area (Å²) >= 11 is 0. The molecule has 0 unspecified atom stereocenters. The Hall–Kier alpha value is -1.15. The molecule has 0 N–H and O–H groups in total. The summed E-state index contributed by atoms with van der Waals surface area (Å²) in [5, 5.41) is 0. The van der Waals surface area contributed by atoms with Gasteiger partial charge in [-0.3, -0.25) is 0 Å². The maximum Gasteiger partial charge on any atom is 0.247 e. The molecular formula is C16H23NO5S. The first-order valence-electron chi connectivity index (χ1n) is 7.81. The second-order valence-electron chi connectivity index (χ2n) is 6.12. The van der Waals surface area contributed by atoms with Crippen molar-refractivity contribution in [2.75, 3.05) is 33.4 Å². The number of sulfonamides is 1. The van der Waals surface area contributed by atoms with Gasteiger partial charge in [0, 0.05) is 25.9 Å². The molecule has 6 nitrogen and oxygen atoms in total. The standard InChI is InChI=1S/C16H23NO5S/c1-12-10-13(2)15(14(11-12)20-3)23(18,19)17-6-4-16(5-7-17)21-8-9-22-16/h10-11H,4-9H2,1-3H3. The number of benzene rings is 1. The van der Waals surface area contributed by atoms with Crippen molar-refractivity contribution in [3.8, 4) is 5.75 Å². The first-order valence-corrected chi connectivity index (χ1v) is 9.25. The summed E-state index contributed by atoms with van der Waals surface area (Å²) in [6.07, 6.45) is 1.11. The van der Waals surface area contributed by atoms with Gasteiger partial charge in [-0.05, 0) is 31.0 Å². The number of ether oxygens (including phenoxy) is 3. The van der Waals surface area contributed by atoms with E-state index in [-0.39, 0.29) is 4.90 Å². The predicted octanol–water partition coefficient (Wildman–Crippen LogP) is 1.84. The molecule has 0 atom stereocenters. The van der Waals surface area contributed by atoms with Gasteiger partial charge < -0.3 is 14.2 Å². The fourth-order valence-electron chi connectivity index (χ4n) is 3.38. The molecule has 0 aromatic heterocycles. The summed E-state index contributed by atoms with van der Waals surface area (Å²) in [6, 6.07) is 3.62. The summed E-state index contributed by atoms with van der Waals surface area (Å²) in [6.45, 7) is 5.66. The molecule has 0 bridgehead atoms. The van der Waals surface area contributed by atoms with E-state index in [2.05, 4.69) is 0 Å². The van der Waals surface area contributed by atoms with E-state index in [1.807, 2.05) is 13.0 Å². The van der Waals surface area contributed by atoms with Crippen LogP contribution in [0.5, 0.6) is 5.75 Å². The third kappa shape index (κ3) is 2.98. The largest absolute Gasteiger partial charge is 0.495 e. The van der Waals surface area contributed by atoms with Crippen molar-refractivity contribution in [3.05, 3.63) is 23.3 Å². The van der Waals surface area contributed by atoms with E-state index < -0.39 is 15.8 Å². The van der Waals surface area contributed by atoms with Crippen LogP contribution in [0.3, 0.4) is 0 Å². The Morgan fingerprint density at radius 2 is 1.74 bits per heavy atom. The Morgan fingerprint density at radius 3 is 2.30 bits per heavy atom. The molecule has 2 aliphatic rings. The Labute approximate surface area is 137 Å². The van der Waals surface area contributed by atoms with Crippen LogP contribution in [0.4, 0.5) is 0 Å². The molecule has 1 spiro atoms. The second kappa shape index (κ2) is 6.05. The number of hydrogen-bond donors (Lipinski definition) is 0. The average Bonchev–Trinajstić information content (AvgIpc) is 2.94. The highest BCUT2D eigenvalue weighted by Crippen LogP contribution is 2.36. The van der Waals surface area contributed by atoms with Crippen LogP contribution in [0.25, 0.3) is 0 Å². The van der Waals surface area contributed by atoms with Crippen molar-refractivity contribution in [2.24, 2.45) is 0 Å². The van der Waals surface area contributed by atoms with Crippen molar-refractivity contribution >= 4 is 10.0 Å². The quantitative estimate of drug-likeness (QED) is 0.839. The van der Waals surface area contributed by atoms with Crippen molar-refractivity contribution in [3.63, 3.8) is 0 Å². The first-order chi connectivity index (χ1) is 10.9. The third-order valence-electron chi connectivity index (χ3n) is 4.50. The molecule has 2 fully saturated rings. The molecule has 0 aliphatic carbocycles. The Bertz CT molecular complexity index is 685. The van der Waals surface area contributed by atoms with E-state index in [1.54, 1.807) is 13.0 Å². The molecule has 0 amide bonds. The van der Waals surface area contributed by atoms with Crippen LogP contribution in [0, 0.1) is 13.8 Å². The van der Waals surface area contributed by atoms with Gasteiger partial charge in [0.15, 0.2) is 5.79 Å². The van der Waals surface area contributed by atoms with Crippen LogP contribution in [0.2, 0.25) is 0 Å². The lowest BCUT2D eigenvalue weighted by atomic mass is 10.1. The Kier molecular flexibility index (Phi) is 4.39. The normalized spacial score (nSPS) is 21.7. The van der Waals surface area contributed by atoms with Crippen LogP contribution < -0.4 is 4.74 Å². The van der Waals surface area contributed by atoms with Crippen LogP contribution in [-0.4, -0.2) is 51.9 Å². The van der Waals surface area contributed by atoms with E-state index >= 15 is 0 Å². The van der Waals surface area contributed by atoms with Gasteiger partial charge in [-0.2, -0.15) is 4.31 Å². The SMILES string of the molecule is COc1cc(C)cc(C)c1S(=O)(=O)N1CCC2(CC1)OCCO2. The molecular weight excluding hydrogens is 318 g/mol. The van der Waals surface area contributed by atoms with Gasteiger partial charge in [-0.1, -0.05) is 6.07 Å². The van der Waals surface area contributed by atoms with Crippen molar-refractivity contribution in [2.45, 2.75) is 37.4 Å². The van der Waals surface area contributed by atoms with Crippen molar-refractivity contribution < 1.29 is 22.6 Å². The highest BCUT2D eigenvalue weighted by molar-refractivity contribution is 7.89. The third-order valence-corrected chi connectivity index (χ3v) is 6.58. The maximum atomic E-state index is 13.1. The highest BCUT2D eigenvalue weighted by atomic mass is 32.2. The average molecular weight is 341 g/mol. The molecule has 2 saturated heterocycles. The van der Waals surface area contributed by atoms with E-state index in [0.717, 1.165) is 5.56 Å². The minimum Gasteiger partial charge on any atom is -0.495 e. The van der Waals surface area contributed by atoms with Crippen LogP contribution in [0.1, 0.15) is 24.0 Å². The smallest absolute Gasteiger partial charge is 0.247 e. The van der Waals surface area contributed by atoms with Crippen molar-refractivity contribution in [1.29, 1.82) is 0 Å². The van der Waals surface area contributed by atoms with E-state index in [0.29, 0.717) is 50.5 Å². The molecule has 3 rings (SSSR count). The monoisotopic (exact) mass is 341 g/mol. The Balaban J connectivity index is 1.88. The number of methoxy groups -OCH3 is 1. The van der Waals surface area contributed by atoms with E-state index in [4.69, 9.17) is 14.2 Å². The summed E-state index contributed by atoms with van der Waals surface area (Å²) in [7, 11) is -2.10. The zero-order chi connectivity index (χ0) is 16.7. The predicted molar refractivity (Wildman–Crippen MR) is 85.1 cm³/mol.